The van der Waals surface area contributed by atoms with Gasteiger partial charge in [0.25, 0.3) is 5.78 Å². The first kappa shape index (κ1) is 17.3. The van der Waals surface area contributed by atoms with E-state index in [2.05, 4.69) is 0 Å². The molecular weight excluding hydrogens is 333 g/mol. The van der Waals surface area contributed by atoms with Gasteiger partial charge in [0.1, 0.15) is 0 Å². The van der Waals surface area contributed by atoms with E-state index in [1.807, 2.05) is 0 Å². The lowest BCUT2D eigenvalue weighted by molar-refractivity contribution is -0.244. The molecule has 0 amide bonds. The van der Waals surface area contributed by atoms with Gasteiger partial charge in [-0.25, -0.2) is 4.39 Å². The van der Waals surface area contributed by atoms with E-state index in [1.165, 1.54) is 0 Å². The van der Waals surface area contributed by atoms with E-state index < -0.39 is 51.9 Å². The summed E-state index contributed by atoms with van der Waals surface area (Å²) in [4.78, 5) is 10.6. The third kappa shape index (κ3) is 4.10. The van der Waals surface area contributed by atoms with Crippen LogP contribution in [0.25, 0.3) is 5.76 Å². The van der Waals surface area contributed by atoms with E-state index in [-0.39, 0.29) is 6.07 Å². The maximum absolute atomic E-state index is 13.2. The van der Waals surface area contributed by atoms with Gasteiger partial charge in [0, 0.05) is 0 Å². The SMILES string of the molecule is O=C(/C=C(\[O-])c1cc(Cl)c(F)c(C(F)(F)F)c1)C(F)(F)F. The van der Waals surface area contributed by atoms with E-state index >= 15 is 0 Å². The average molecular weight is 336 g/mol. The van der Waals surface area contributed by atoms with Crippen LogP contribution in [-0.2, 0) is 11.0 Å². The molecule has 0 radical (unpaired) electrons. The van der Waals surface area contributed by atoms with Crippen molar-refractivity contribution in [3.8, 4) is 0 Å². The maximum Gasteiger partial charge on any atom is 0.454 e. The highest BCUT2D eigenvalue weighted by Gasteiger charge is 2.37. The van der Waals surface area contributed by atoms with E-state index in [9.17, 15) is 40.6 Å². The normalized spacial score (nSPS) is 13.4. The molecule has 0 bridgehead atoms. The zero-order valence-electron chi connectivity index (χ0n) is 9.57. The first-order valence-electron chi connectivity index (χ1n) is 4.90. The van der Waals surface area contributed by atoms with Crippen molar-refractivity contribution in [1.82, 2.24) is 0 Å². The Hall–Kier alpha value is -1.77. The Balaban J connectivity index is 3.36. The van der Waals surface area contributed by atoms with Gasteiger partial charge in [0.15, 0.2) is 5.82 Å². The molecule has 0 N–H and O–H groups in total. The quantitative estimate of drug-likeness (QED) is 0.472. The van der Waals surface area contributed by atoms with Crippen LogP contribution in [0, 0.1) is 5.82 Å². The Morgan fingerprint density at radius 1 is 1.14 bits per heavy atom. The molecule has 0 aliphatic rings. The standard InChI is InChI=1S/C11H4ClF7O2/c12-6-2-4(1-5(9(6)13)10(14,15)16)7(20)3-8(21)11(17,18)19/h1-3,20H/p-1/b7-3-. The molecule has 1 rings (SSSR count). The molecule has 21 heavy (non-hydrogen) atoms. The van der Waals surface area contributed by atoms with Crippen molar-refractivity contribution in [3.05, 3.63) is 40.2 Å². The molecular formula is C11H3ClF7O2-. The first-order chi connectivity index (χ1) is 9.34. The number of rotatable bonds is 2. The van der Waals surface area contributed by atoms with Crippen LogP contribution in [0.2, 0.25) is 5.02 Å². The van der Waals surface area contributed by atoms with Crippen molar-refractivity contribution in [2.45, 2.75) is 12.4 Å². The number of carbonyl (C=O) groups excluding carboxylic acids is 1. The Labute approximate surface area is 117 Å². The minimum absolute atomic E-state index is 0.0241. The molecule has 2 nitrogen and oxygen atoms in total. The van der Waals surface area contributed by atoms with Crippen molar-refractivity contribution in [1.29, 1.82) is 0 Å². The molecule has 116 valence electrons. The van der Waals surface area contributed by atoms with E-state index in [1.54, 1.807) is 0 Å². The Morgan fingerprint density at radius 2 is 1.67 bits per heavy atom. The summed E-state index contributed by atoms with van der Waals surface area (Å²) in [6, 6.07) is 0.373. The highest BCUT2D eigenvalue weighted by Crippen LogP contribution is 2.35. The van der Waals surface area contributed by atoms with Crippen LogP contribution in [0.1, 0.15) is 11.1 Å². The monoisotopic (exact) mass is 335 g/mol. The van der Waals surface area contributed by atoms with Crippen molar-refractivity contribution < 1.29 is 40.6 Å². The van der Waals surface area contributed by atoms with Crippen molar-refractivity contribution in [3.63, 3.8) is 0 Å². The summed E-state index contributed by atoms with van der Waals surface area (Å²) in [5.74, 6) is -6.10. The lowest BCUT2D eigenvalue weighted by Crippen LogP contribution is -2.22. The molecule has 10 heteroatoms. The molecule has 0 aliphatic heterocycles. The second-order valence-corrected chi connectivity index (χ2v) is 4.10. The van der Waals surface area contributed by atoms with Crippen molar-refractivity contribution in [2.24, 2.45) is 0 Å². The number of ketones is 1. The van der Waals surface area contributed by atoms with Crippen molar-refractivity contribution in [2.75, 3.05) is 0 Å². The largest absolute Gasteiger partial charge is 0.872 e. The van der Waals surface area contributed by atoms with Gasteiger partial charge in [-0.05, 0) is 23.8 Å². The van der Waals surface area contributed by atoms with Crippen LogP contribution in [0.15, 0.2) is 18.2 Å². The van der Waals surface area contributed by atoms with Crippen LogP contribution >= 0.6 is 11.6 Å². The highest BCUT2D eigenvalue weighted by atomic mass is 35.5. The van der Waals surface area contributed by atoms with Gasteiger partial charge in [-0.1, -0.05) is 17.4 Å². The summed E-state index contributed by atoms with van der Waals surface area (Å²) in [5, 5.41) is 10.2. The maximum atomic E-state index is 13.2. The number of carbonyl (C=O) groups is 1. The summed E-state index contributed by atoms with van der Waals surface area (Å²) in [7, 11) is 0. The molecule has 0 unspecified atom stereocenters. The molecule has 0 fully saturated rings. The fourth-order valence-corrected chi connectivity index (χ4v) is 1.44. The van der Waals surface area contributed by atoms with Crippen LogP contribution in [0.4, 0.5) is 30.7 Å². The molecule has 1 aromatic carbocycles. The van der Waals surface area contributed by atoms with Gasteiger partial charge in [-0.15, -0.1) is 0 Å². The molecule has 0 aliphatic carbocycles. The number of benzene rings is 1. The van der Waals surface area contributed by atoms with Crippen molar-refractivity contribution >= 4 is 23.1 Å². The second kappa shape index (κ2) is 5.55. The van der Waals surface area contributed by atoms with Gasteiger partial charge in [-0.3, -0.25) is 4.79 Å². The van der Waals surface area contributed by atoms with Crippen LogP contribution in [0.3, 0.4) is 0 Å². The fraction of sp³-hybridized carbons (Fsp3) is 0.182. The Morgan fingerprint density at radius 3 is 2.10 bits per heavy atom. The highest BCUT2D eigenvalue weighted by molar-refractivity contribution is 6.31. The lowest BCUT2D eigenvalue weighted by Gasteiger charge is -2.16. The topological polar surface area (TPSA) is 40.1 Å². The van der Waals surface area contributed by atoms with Gasteiger partial charge in [0.2, 0.25) is 0 Å². The fourth-order valence-electron chi connectivity index (χ4n) is 1.22. The van der Waals surface area contributed by atoms with E-state index in [0.29, 0.717) is 6.07 Å². The molecule has 0 aromatic heterocycles. The molecule has 0 heterocycles. The van der Waals surface area contributed by atoms with Crippen LogP contribution in [-0.4, -0.2) is 12.0 Å². The van der Waals surface area contributed by atoms with Gasteiger partial charge in [-0.2, -0.15) is 26.3 Å². The Bertz CT molecular complexity index is 602. The predicted octanol–water partition coefficient (Wildman–Crippen LogP) is 3.33. The van der Waals surface area contributed by atoms with Crippen LogP contribution < -0.4 is 5.11 Å². The number of hydrogen-bond acceptors (Lipinski definition) is 2. The van der Waals surface area contributed by atoms with E-state index in [4.69, 9.17) is 11.6 Å². The molecule has 0 saturated carbocycles. The molecule has 0 saturated heterocycles. The second-order valence-electron chi connectivity index (χ2n) is 3.69. The third-order valence-electron chi connectivity index (χ3n) is 2.16. The third-order valence-corrected chi connectivity index (χ3v) is 2.43. The number of hydrogen-bond donors (Lipinski definition) is 0. The van der Waals surface area contributed by atoms with Gasteiger partial charge >= 0.3 is 12.4 Å². The molecule has 1 aromatic rings. The van der Waals surface area contributed by atoms with Gasteiger partial charge < -0.3 is 5.11 Å². The van der Waals surface area contributed by atoms with Crippen LogP contribution in [0.5, 0.6) is 0 Å². The summed E-state index contributed by atoms with van der Waals surface area (Å²) in [5.41, 5.74) is -2.92. The molecule has 0 atom stereocenters. The summed E-state index contributed by atoms with van der Waals surface area (Å²) < 4.78 is 86.4. The number of alkyl halides is 6. The zero-order chi connectivity index (χ0) is 16.6. The van der Waals surface area contributed by atoms with E-state index in [0.717, 1.165) is 0 Å². The smallest absolute Gasteiger partial charge is 0.454 e. The Kier molecular flexibility index (Phi) is 4.57. The number of halogens is 8. The number of allylic oxidation sites excluding steroid dienone is 1. The minimum Gasteiger partial charge on any atom is -0.872 e. The first-order valence-corrected chi connectivity index (χ1v) is 5.28. The predicted molar refractivity (Wildman–Crippen MR) is 55.5 cm³/mol. The minimum atomic E-state index is -5.35. The average Bonchev–Trinajstić information content (AvgIpc) is 2.29. The summed E-state index contributed by atoms with van der Waals surface area (Å²) in [6.45, 7) is 0. The summed E-state index contributed by atoms with van der Waals surface area (Å²) in [6.07, 6.45) is -11.0. The lowest BCUT2D eigenvalue weighted by atomic mass is 10.1. The zero-order valence-corrected chi connectivity index (χ0v) is 10.3. The summed E-state index contributed by atoms with van der Waals surface area (Å²) >= 11 is 5.15. The molecule has 0 spiro atoms. The van der Waals surface area contributed by atoms with Gasteiger partial charge in [0.05, 0.1) is 10.6 Å².